The molecule has 1 aromatic rings. The van der Waals surface area contributed by atoms with E-state index < -0.39 is 22.4 Å². The smallest absolute Gasteiger partial charge is 0.362 e. The molecule has 0 bridgehead atoms. The minimum Gasteiger partial charge on any atom is -0.502 e. The Bertz CT molecular complexity index is 402. The average Bonchev–Trinajstić information content (AvgIpc) is 2.07. The van der Waals surface area contributed by atoms with Crippen molar-refractivity contribution in [3.8, 4) is 5.75 Å². The van der Waals surface area contributed by atoms with E-state index in [1.165, 1.54) is 0 Å². The van der Waals surface area contributed by atoms with Gasteiger partial charge in [-0.15, -0.1) is 11.8 Å². The molecule has 0 aliphatic carbocycles. The monoisotopic (exact) mass is 241 g/mol. The van der Waals surface area contributed by atoms with Crippen LogP contribution < -0.4 is 5.56 Å². The predicted octanol–water partition coefficient (Wildman–Crippen LogP) is 2.09. The number of aromatic amines is 1. The van der Waals surface area contributed by atoms with Crippen molar-refractivity contribution in [1.29, 1.82) is 0 Å². The predicted molar refractivity (Wildman–Crippen MR) is 50.3 cm³/mol. The van der Waals surface area contributed by atoms with E-state index >= 15 is 0 Å². The quantitative estimate of drug-likeness (QED) is 0.616. The molecule has 0 aliphatic rings. The van der Waals surface area contributed by atoms with Crippen LogP contribution in [0.1, 0.15) is 5.69 Å². The van der Waals surface area contributed by atoms with Crippen molar-refractivity contribution >= 4 is 23.4 Å². The summed E-state index contributed by atoms with van der Waals surface area (Å²) in [5, 5.41) is 5.49. The lowest BCUT2D eigenvalue weighted by atomic mass is 10.3. The Hall–Kier alpha value is -0.750. The van der Waals surface area contributed by atoms with Crippen LogP contribution in [0.15, 0.2) is 15.8 Å². The molecular formula is C7H6ClF2NO2S. The van der Waals surface area contributed by atoms with Gasteiger partial charge in [0.15, 0.2) is 5.75 Å². The standard InChI is InChI=1S/C7H6ClF2NO2S/c1-14-3-2-4(7(8,9)10)11-6(13)5(3)12/h2,12H,1H3,(H,11,13). The normalized spacial score (nSPS) is 11.7. The van der Waals surface area contributed by atoms with E-state index in [9.17, 15) is 13.6 Å². The summed E-state index contributed by atoms with van der Waals surface area (Å²) < 4.78 is 25.2. The van der Waals surface area contributed by atoms with E-state index in [4.69, 9.17) is 16.7 Å². The molecule has 78 valence electrons. The lowest BCUT2D eigenvalue weighted by Gasteiger charge is -2.09. The van der Waals surface area contributed by atoms with Crippen molar-refractivity contribution in [3.63, 3.8) is 0 Å². The van der Waals surface area contributed by atoms with Crippen molar-refractivity contribution < 1.29 is 13.9 Å². The molecule has 1 rings (SSSR count). The van der Waals surface area contributed by atoms with Crippen LogP contribution >= 0.6 is 23.4 Å². The molecule has 0 saturated carbocycles. The number of aromatic nitrogens is 1. The number of halogens is 3. The van der Waals surface area contributed by atoms with Gasteiger partial charge >= 0.3 is 5.38 Å². The molecule has 0 unspecified atom stereocenters. The molecule has 1 aromatic heterocycles. The summed E-state index contributed by atoms with van der Waals surface area (Å²) in [7, 11) is 0. The zero-order valence-corrected chi connectivity index (χ0v) is 8.55. The summed E-state index contributed by atoms with van der Waals surface area (Å²) in [5.74, 6) is -0.581. The molecule has 7 heteroatoms. The van der Waals surface area contributed by atoms with Gasteiger partial charge in [0.05, 0.1) is 4.90 Å². The third-order valence-corrected chi connectivity index (χ3v) is 2.45. The van der Waals surface area contributed by atoms with Crippen LogP contribution in [0.4, 0.5) is 8.78 Å². The van der Waals surface area contributed by atoms with Crippen LogP contribution in [0.3, 0.4) is 0 Å². The van der Waals surface area contributed by atoms with Crippen molar-refractivity contribution in [2.45, 2.75) is 10.3 Å². The summed E-state index contributed by atoms with van der Waals surface area (Å²) in [6.45, 7) is 0. The molecule has 0 spiro atoms. The number of H-pyrrole nitrogens is 1. The summed E-state index contributed by atoms with van der Waals surface area (Å²) in [4.78, 5) is 12.8. The van der Waals surface area contributed by atoms with E-state index in [1.54, 1.807) is 11.2 Å². The van der Waals surface area contributed by atoms with Crippen molar-refractivity contribution in [1.82, 2.24) is 4.98 Å². The highest BCUT2D eigenvalue weighted by atomic mass is 35.5. The highest BCUT2D eigenvalue weighted by Crippen LogP contribution is 2.33. The summed E-state index contributed by atoms with van der Waals surface area (Å²) in [6, 6.07) is 0.939. The van der Waals surface area contributed by atoms with Gasteiger partial charge in [-0.2, -0.15) is 8.78 Å². The third kappa shape index (κ3) is 2.19. The Morgan fingerprint density at radius 1 is 1.64 bits per heavy atom. The molecule has 0 amide bonds. The summed E-state index contributed by atoms with van der Waals surface area (Å²) in [5.41, 5.74) is -1.71. The highest BCUT2D eigenvalue weighted by Gasteiger charge is 2.30. The number of pyridine rings is 1. The fourth-order valence-corrected chi connectivity index (χ4v) is 1.46. The molecule has 0 saturated heterocycles. The molecule has 0 aliphatic heterocycles. The minimum absolute atomic E-state index is 0.0593. The van der Waals surface area contributed by atoms with Crippen molar-refractivity contribution in [3.05, 3.63) is 22.1 Å². The largest absolute Gasteiger partial charge is 0.502 e. The Labute approximate surface area is 87.1 Å². The van der Waals surface area contributed by atoms with Gasteiger partial charge in [-0.25, -0.2) is 0 Å². The van der Waals surface area contributed by atoms with Gasteiger partial charge in [0.1, 0.15) is 5.69 Å². The zero-order valence-electron chi connectivity index (χ0n) is 6.97. The Morgan fingerprint density at radius 2 is 2.21 bits per heavy atom. The Morgan fingerprint density at radius 3 is 2.64 bits per heavy atom. The number of hydrogen-bond acceptors (Lipinski definition) is 3. The van der Waals surface area contributed by atoms with Crippen LogP contribution in [0, 0.1) is 0 Å². The first-order valence-corrected chi connectivity index (χ1v) is 5.04. The third-order valence-electron chi connectivity index (χ3n) is 1.50. The lowest BCUT2D eigenvalue weighted by molar-refractivity contribution is 0.0892. The zero-order chi connectivity index (χ0) is 10.9. The fraction of sp³-hybridized carbons (Fsp3) is 0.286. The maximum atomic E-state index is 12.6. The van der Waals surface area contributed by atoms with Crippen molar-refractivity contribution in [2.75, 3.05) is 6.26 Å². The number of rotatable bonds is 2. The van der Waals surface area contributed by atoms with Crippen LogP contribution in [0.2, 0.25) is 0 Å². The average molecular weight is 242 g/mol. The van der Waals surface area contributed by atoms with Crippen LogP contribution in [0.25, 0.3) is 0 Å². The first kappa shape index (κ1) is 11.3. The van der Waals surface area contributed by atoms with Gasteiger partial charge in [-0.1, -0.05) is 0 Å². The van der Waals surface area contributed by atoms with Gasteiger partial charge in [0.2, 0.25) is 0 Å². The lowest BCUT2D eigenvalue weighted by Crippen LogP contribution is -2.15. The summed E-state index contributed by atoms with van der Waals surface area (Å²) >= 11 is 5.70. The van der Waals surface area contributed by atoms with Crippen molar-refractivity contribution in [2.24, 2.45) is 0 Å². The maximum Gasteiger partial charge on any atom is 0.362 e. The molecule has 14 heavy (non-hydrogen) atoms. The number of thioether (sulfide) groups is 1. The van der Waals surface area contributed by atoms with E-state index in [0.717, 1.165) is 17.8 Å². The second-order valence-electron chi connectivity index (χ2n) is 2.43. The molecule has 0 aromatic carbocycles. The van der Waals surface area contributed by atoms with Gasteiger partial charge in [0, 0.05) is 0 Å². The van der Waals surface area contributed by atoms with E-state index in [2.05, 4.69) is 0 Å². The topological polar surface area (TPSA) is 53.1 Å². The number of alkyl halides is 3. The second-order valence-corrected chi connectivity index (χ2v) is 3.75. The molecular weight excluding hydrogens is 236 g/mol. The van der Waals surface area contributed by atoms with E-state index in [1.807, 2.05) is 0 Å². The molecule has 3 nitrogen and oxygen atoms in total. The maximum absolute atomic E-state index is 12.6. The van der Waals surface area contributed by atoms with Gasteiger partial charge < -0.3 is 10.1 Å². The first-order valence-electron chi connectivity index (χ1n) is 3.43. The SMILES string of the molecule is CSc1cc(C(F)(F)Cl)[nH]c(=O)c1O. The summed E-state index contributed by atoms with van der Waals surface area (Å²) in [6.07, 6.45) is 1.55. The molecule has 0 radical (unpaired) electrons. The second kappa shape index (κ2) is 3.78. The Kier molecular flexibility index (Phi) is 3.06. The van der Waals surface area contributed by atoms with Gasteiger partial charge in [-0.3, -0.25) is 4.79 Å². The van der Waals surface area contributed by atoms with Crippen LogP contribution in [-0.2, 0) is 5.38 Å². The first-order chi connectivity index (χ1) is 6.36. The van der Waals surface area contributed by atoms with E-state index in [-0.39, 0.29) is 4.90 Å². The van der Waals surface area contributed by atoms with Crippen LogP contribution in [0.5, 0.6) is 5.75 Å². The Balaban J connectivity index is 3.38. The number of hydrogen-bond donors (Lipinski definition) is 2. The highest BCUT2D eigenvalue weighted by molar-refractivity contribution is 7.98. The number of nitrogens with one attached hydrogen (secondary N) is 1. The van der Waals surface area contributed by atoms with Gasteiger partial charge in [0.25, 0.3) is 5.56 Å². The minimum atomic E-state index is -3.64. The van der Waals surface area contributed by atoms with Crippen LogP contribution in [-0.4, -0.2) is 16.3 Å². The van der Waals surface area contributed by atoms with E-state index in [0.29, 0.717) is 0 Å². The fourth-order valence-electron chi connectivity index (χ4n) is 0.837. The molecule has 2 N–H and O–H groups in total. The van der Waals surface area contributed by atoms with Gasteiger partial charge in [-0.05, 0) is 23.9 Å². The molecule has 1 heterocycles. The number of aromatic hydroxyl groups is 1. The molecule has 0 atom stereocenters. The molecule has 0 fully saturated rings.